The van der Waals surface area contributed by atoms with E-state index in [0.717, 1.165) is 9.65 Å². The predicted molar refractivity (Wildman–Crippen MR) is 66.8 cm³/mol. The van der Waals surface area contributed by atoms with E-state index in [9.17, 15) is 4.79 Å². The second kappa shape index (κ2) is 3.95. The summed E-state index contributed by atoms with van der Waals surface area (Å²) in [5.74, 6) is 0.492. The quantitative estimate of drug-likeness (QED) is 0.632. The van der Waals surface area contributed by atoms with E-state index in [2.05, 4.69) is 16.0 Å². The number of nitrogens with zero attached hydrogens (tertiary/aromatic N) is 3. The van der Waals surface area contributed by atoms with Gasteiger partial charge in [0.1, 0.15) is 0 Å². The van der Waals surface area contributed by atoms with Crippen molar-refractivity contribution >= 4 is 24.4 Å². The summed E-state index contributed by atoms with van der Waals surface area (Å²) in [7, 11) is 0. The minimum absolute atomic E-state index is 0.00574. The van der Waals surface area contributed by atoms with Gasteiger partial charge in [-0.1, -0.05) is 0 Å². The van der Waals surface area contributed by atoms with Crippen molar-refractivity contribution in [2.75, 3.05) is 0 Å². The molecule has 1 aromatic carbocycles. The zero-order chi connectivity index (χ0) is 11.8. The Kier molecular flexibility index (Phi) is 2.42. The van der Waals surface area contributed by atoms with E-state index in [0.29, 0.717) is 5.95 Å². The summed E-state index contributed by atoms with van der Waals surface area (Å²) < 4.78 is 2.77. The van der Waals surface area contributed by atoms with Gasteiger partial charge in [-0.15, -0.1) is 0 Å². The van der Waals surface area contributed by atoms with Crippen LogP contribution in [0, 0.1) is 6.92 Å². The van der Waals surface area contributed by atoms with Crippen LogP contribution in [0.1, 0.15) is 5.56 Å². The Bertz CT molecular complexity index is 730. The molecule has 0 fully saturated rings. The van der Waals surface area contributed by atoms with Crippen molar-refractivity contribution in [1.82, 2.24) is 13.5 Å². The molecule has 2 heterocycles. The van der Waals surface area contributed by atoms with Crippen LogP contribution in [0.3, 0.4) is 0 Å². The van der Waals surface area contributed by atoms with Gasteiger partial charge < -0.3 is 0 Å². The van der Waals surface area contributed by atoms with E-state index in [4.69, 9.17) is 0 Å². The molecule has 3 rings (SSSR count). The van der Waals surface area contributed by atoms with Crippen LogP contribution >= 0.6 is 0 Å². The molecule has 0 atom stereocenters. The minimum atomic E-state index is -0.0558. The number of hydrogen-bond donors (Lipinski definition) is 0. The third-order valence-corrected chi connectivity index (χ3v) is 4.67. The molecular formula is C12H9N3OSe. The van der Waals surface area contributed by atoms with Gasteiger partial charge in [0.25, 0.3) is 0 Å². The van der Waals surface area contributed by atoms with Gasteiger partial charge in [0.2, 0.25) is 0 Å². The van der Waals surface area contributed by atoms with Crippen LogP contribution in [0.4, 0.5) is 0 Å². The normalized spacial score (nSPS) is 10.9. The number of hydrogen-bond acceptors (Lipinski definition) is 3. The van der Waals surface area contributed by atoms with Gasteiger partial charge in [0.15, 0.2) is 0 Å². The zero-order valence-corrected chi connectivity index (χ0v) is 10.8. The first-order valence-corrected chi connectivity index (χ1v) is 6.78. The van der Waals surface area contributed by atoms with Gasteiger partial charge in [-0.2, -0.15) is 0 Å². The van der Waals surface area contributed by atoms with Crippen molar-refractivity contribution in [2.45, 2.75) is 6.92 Å². The SMILES string of the molecule is Cc1ccc2c(=O)n(-c3ncccn3)[se]c2c1. The second-order valence-corrected chi connectivity index (χ2v) is 5.81. The van der Waals surface area contributed by atoms with Gasteiger partial charge in [0, 0.05) is 0 Å². The molecule has 4 nitrogen and oxygen atoms in total. The molecule has 5 heteroatoms. The fourth-order valence-corrected chi connectivity index (χ4v) is 3.85. The molecule has 0 saturated heterocycles. The molecule has 3 aromatic rings. The summed E-state index contributed by atoms with van der Waals surface area (Å²) in [6.45, 7) is 2.03. The molecular weight excluding hydrogens is 281 g/mol. The summed E-state index contributed by atoms with van der Waals surface area (Å²) >= 11 is -0.0558. The van der Waals surface area contributed by atoms with Crippen molar-refractivity contribution in [3.05, 3.63) is 52.6 Å². The van der Waals surface area contributed by atoms with E-state index in [-0.39, 0.29) is 20.3 Å². The van der Waals surface area contributed by atoms with E-state index in [1.54, 1.807) is 22.0 Å². The van der Waals surface area contributed by atoms with Crippen LogP contribution in [0.2, 0.25) is 0 Å². The average Bonchev–Trinajstić information content (AvgIpc) is 2.67. The van der Waals surface area contributed by atoms with Gasteiger partial charge in [-0.3, -0.25) is 0 Å². The fourth-order valence-electron chi connectivity index (χ4n) is 1.66. The topological polar surface area (TPSA) is 47.8 Å². The third kappa shape index (κ3) is 1.73. The maximum absolute atomic E-state index is 12.2. The van der Waals surface area contributed by atoms with Crippen molar-refractivity contribution in [3.63, 3.8) is 0 Å². The monoisotopic (exact) mass is 291 g/mol. The van der Waals surface area contributed by atoms with Gasteiger partial charge in [-0.25, -0.2) is 0 Å². The van der Waals surface area contributed by atoms with Crippen LogP contribution in [-0.2, 0) is 0 Å². The molecule has 84 valence electrons. The zero-order valence-electron chi connectivity index (χ0n) is 9.12. The maximum atomic E-state index is 12.2. The first-order valence-electron chi connectivity index (χ1n) is 5.16. The first-order chi connectivity index (χ1) is 8.25. The summed E-state index contributed by atoms with van der Waals surface area (Å²) in [5.41, 5.74) is 1.18. The Hall–Kier alpha value is -1.71. The Labute approximate surface area is 104 Å². The van der Waals surface area contributed by atoms with E-state index >= 15 is 0 Å². The molecule has 0 aliphatic heterocycles. The van der Waals surface area contributed by atoms with Crippen molar-refractivity contribution in [2.24, 2.45) is 0 Å². The molecule has 0 radical (unpaired) electrons. The van der Waals surface area contributed by atoms with E-state index in [1.165, 1.54) is 5.56 Å². The Balaban J connectivity index is 2.32. The molecule has 2 aromatic heterocycles. The van der Waals surface area contributed by atoms with Crippen LogP contribution in [0.25, 0.3) is 15.6 Å². The Morgan fingerprint density at radius 2 is 2.00 bits per heavy atom. The van der Waals surface area contributed by atoms with Crippen LogP contribution in [-0.4, -0.2) is 28.3 Å². The number of aromatic nitrogens is 3. The number of aryl methyl sites for hydroxylation is 1. The molecule has 0 saturated carbocycles. The van der Waals surface area contributed by atoms with Gasteiger partial charge in [-0.05, 0) is 0 Å². The fraction of sp³-hybridized carbons (Fsp3) is 0.0833. The third-order valence-electron chi connectivity index (χ3n) is 2.48. The molecule has 0 aliphatic carbocycles. The average molecular weight is 290 g/mol. The summed E-state index contributed by atoms with van der Waals surface area (Å²) in [5, 5.41) is 0.781. The Morgan fingerprint density at radius 3 is 2.76 bits per heavy atom. The molecule has 0 N–H and O–H groups in total. The molecule has 0 aliphatic rings. The van der Waals surface area contributed by atoms with Gasteiger partial charge in [0.05, 0.1) is 0 Å². The summed E-state index contributed by atoms with van der Waals surface area (Å²) in [6, 6.07) is 7.66. The van der Waals surface area contributed by atoms with Crippen LogP contribution in [0.5, 0.6) is 0 Å². The summed E-state index contributed by atoms with van der Waals surface area (Å²) in [6.07, 6.45) is 3.31. The van der Waals surface area contributed by atoms with Crippen molar-refractivity contribution < 1.29 is 0 Å². The molecule has 0 amide bonds. The van der Waals surface area contributed by atoms with Crippen molar-refractivity contribution in [3.8, 4) is 5.95 Å². The van der Waals surface area contributed by atoms with Crippen LogP contribution < -0.4 is 5.56 Å². The van der Waals surface area contributed by atoms with Crippen molar-refractivity contribution in [1.29, 1.82) is 0 Å². The molecule has 0 unspecified atom stereocenters. The number of benzene rings is 1. The molecule has 0 bridgehead atoms. The molecule has 17 heavy (non-hydrogen) atoms. The standard InChI is InChI=1S/C12H9N3OSe/c1-8-3-4-9-10(7-8)17-15(11(9)16)12-13-5-2-6-14-12/h2-7H,1H3. The number of rotatable bonds is 1. The van der Waals surface area contributed by atoms with E-state index < -0.39 is 0 Å². The predicted octanol–water partition coefficient (Wildman–Crippen LogP) is 1.15. The molecule has 0 spiro atoms. The Morgan fingerprint density at radius 1 is 1.24 bits per heavy atom. The van der Waals surface area contributed by atoms with E-state index in [1.807, 2.05) is 19.1 Å². The summed E-state index contributed by atoms with van der Waals surface area (Å²) in [4.78, 5) is 20.4. The first kappa shape index (κ1) is 10.4. The van der Waals surface area contributed by atoms with Gasteiger partial charge >= 0.3 is 103 Å². The van der Waals surface area contributed by atoms with Crippen LogP contribution in [0.15, 0.2) is 41.5 Å². The number of fused-ring (bicyclic) bond motifs is 1. The second-order valence-electron chi connectivity index (χ2n) is 3.74.